The summed E-state index contributed by atoms with van der Waals surface area (Å²) in [4.78, 5) is 13.7. The Kier molecular flexibility index (Phi) is 2.84. The van der Waals surface area contributed by atoms with E-state index in [-0.39, 0.29) is 6.04 Å². The van der Waals surface area contributed by atoms with Crippen molar-refractivity contribution in [2.75, 3.05) is 0 Å². The Labute approximate surface area is 67.7 Å². The first-order chi connectivity index (χ1) is 5.24. The van der Waals surface area contributed by atoms with E-state index in [1.54, 1.807) is 6.08 Å². The van der Waals surface area contributed by atoms with Crippen molar-refractivity contribution < 1.29 is 4.79 Å². The molecule has 0 N–H and O–H groups in total. The van der Waals surface area contributed by atoms with Gasteiger partial charge in [-0.2, -0.15) is 0 Å². The van der Waals surface area contributed by atoms with Crippen LogP contribution in [0.4, 0.5) is 0 Å². The molecule has 62 valence electrons. The topological polar surface area (TPSA) is 29.4 Å². The Bertz CT molecular complexity index is 172. The van der Waals surface area contributed by atoms with Crippen LogP contribution in [0.5, 0.6) is 0 Å². The maximum atomic E-state index is 9.97. The van der Waals surface area contributed by atoms with Crippen LogP contribution >= 0.6 is 0 Å². The third-order valence-corrected chi connectivity index (χ3v) is 2.81. The minimum Gasteiger partial charge on any atom is -0.211 e. The van der Waals surface area contributed by atoms with E-state index >= 15 is 0 Å². The summed E-state index contributed by atoms with van der Waals surface area (Å²) >= 11 is 0. The van der Waals surface area contributed by atoms with Crippen molar-refractivity contribution in [3.05, 3.63) is 0 Å². The van der Waals surface area contributed by atoms with E-state index in [1.807, 2.05) is 0 Å². The highest BCUT2D eigenvalue weighted by atomic mass is 16.1. The highest BCUT2D eigenvalue weighted by Gasteiger charge is 2.23. The van der Waals surface area contributed by atoms with Gasteiger partial charge in [-0.05, 0) is 31.1 Å². The molecule has 0 aromatic carbocycles. The lowest BCUT2D eigenvalue weighted by molar-refractivity contribution is 0.252. The molecule has 3 atom stereocenters. The molecule has 0 spiro atoms. The molecule has 0 aromatic heterocycles. The molecule has 1 aliphatic rings. The molecule has 0 saturated heterocycles. The van der Waals surface area contributed by atoms with Crippen LogP contribution in [0.2, 0.25) is 0 Å². The third-order valence-electron chi connectivity index (χ3n) is 2.81. The summed E-state index contributed by atoms with van der Waals surface area (Å²) in [6.07, 6.45) is 4.99. The fourth-order valence-corrected chi connectivity index (χ4v) is 1.71. The maximum Gasteiger partial charge on any atom is 0.235 e. The molecule has 0 radical (unpaired) electrons. The number of aliphatic imine (C=N–C) groups is 1. The van der Waals surface area contributed by atoms with E-state index < -0.39 is 0 Å². The van der Waals surface area contributed by atoms with Crippen molar-refractivity contribution >= 4 is 6.08 Å². The monoisotopic (exact) mass is 153 g/mol. The Morgan fingerprint density at radius 2 is 2.00 bits per heavy atom. The Balaban J connectivity index is 2.45. The Hall–Kier alpha value is -0.620. The fraction of sp³-hybridized carbons (Fsp3) is 0.889. The standard InChI is InChI=1S/C9H15NO/c1-7-3-4-9(10-6-11)5-8(7)2/h7-9H,3-5H2,1-2H3. The molecular formula is C9H15NO. The van der Waals surface area contributed by atoms with Gasteiger partial charge in [0.2, 0.25) is 6.08 Å². The van der Waals surface area contributed by atoms with Crippen LogP contribution in [0.25, 0.3) is 0 Å². The molecule has 2 heteroatoms. The van der Waals surface area contributed by atoms with E-state index in [1.165, 1.54) is 6.42 Å². The zero-order chi connectivity index (χ0) is 8.27. The zero-order valence-corrected chi connectivity index (χ0v) is 7.21. The Morgan fingerprint density at radius 1 is 1.27 bits per heavy atom. The lowest BCUT2D eigenvalue weighted by atomic mass is 9.79. The maximum absolute atomic E-state index is 9.97. The molecule has 1 aliphatic carbocycles. The summed E-state index contributed by atoms with van der Waals surface area (Å²) in [6.45, 7) is 4.50. The summed E-state index contributed by atoms with van der Waals surface area (Å²) in [5, 5.41) is 0. The molecule has 0 bridgehead atoms. The van der Waals surface area contributed by atoms with E-state index in [4.69, 9.17) is 0 Å². The van der Waals surface area contributed by atoms with Gasteiger partial charge < -0.3 is 0 Å². The lowest BCUT2D eigenvalue weighted by Gasteiger charge is -2.28. The van der Waals surface area contributed by atoms with E-state index in [0.29, 0.717) is 5.92 Å². The smallest absolute Gasteiger partial charge is 0.211 e. The number of rotatable bonds is 1. The van der Waals surface area contributed by atoms with Crippen molar-refractivity contribution in [1.29, 1.82) is 0 Å². The minimum atomic E-state index is 0.263. The van der Waals surface area contributed by atoms with Gasteiger partial charge in [-0.15, -0.1) is 0 Å². The zero-order valence-electron chi connectivity index (χ0n) is 7.21. The SMILES string of the molecule is CC1CCC(N=C=O)CC1C. The molecule has 1 rings (SSSR count). The summed E-state index contributed by atoms with van der Waals surface area (Å²) in [5.74, 6) is 1.51. The first kappa shape index (κ1) is 8.48. The van der Waals surface area contributed by atoms with Crippen molar-refractivity contribution in [1.82, 2.24) is 0 Å². The second kappa shape index (κ2) is 3.68. The quantitative estimate of drug-likeness (QED) is 0.419. The van der Waals surface area contributed by atoms with Crippen LogP contribution in [0.15, 0.2) is 4.99 Å². The highest BCUT2D eigenvalue weighted by molar-refractivity contribution is 5.33. The third kappa shape index (κ3) is 2.16. The van der Waals surface area contributed by atoms with Gasteiger partial charge in [0.1, 0.15) is 0 Å². The van der Waals surface area contributed by atoms with Crippen LogP contribution < -0.4 is 0 Å². The lowest BCUT2D eigenvalue weighted by Crippen LogP contribution is -2.22. The van der Waals surface area contributed by atoms with Gasteiger partial charge in [-0.3, -0.25) is 0 Å². The van der Waals surface area contributed by atoms with Crippen LogP contribution in [-0.2, 0) is 4.79 Å². The normalized spacial score (nSPS) is 37.8. The van der Waals surface area contributed by atoms with Gasteiger partial charge >= 0.3 is 0 Å². The van der Waals surface area contributed by atoms with Crippen LogP contribution in [-0.4, -0.2) is 12.1 Å². The van der Waals surface area contributed by atoms with Gasteiger partial charge in [0.25, 0.3) is 0 Å². The number of hydrogen-bond donors (Lipinski definition) is 0. The second-order valence-corrected chi connectivity index (χ2v) is 3.64. The average molecular weight is 153 g/mol. The van der Waals surface area contributed by atoms with Crippen molar-refractivity contribution in [3.8, 4) is 0 Å². The Morgan fingerprint density at radius 3 is 2.55 bits per heavy atom. The fourth-order valence-electron chi connectivity index (χ4n) is 1.71. The molecule has 1 fully saturated rings. The largest absolute Gasteiger partial charge is 0.235 e. The van der Waals surface area contributed by atoms with Crippen molar-refractivity contribution in [3.63, 3.8) is 0 Å². The second-order valence-electron chi connectivity index (χ2n) is 3.64. The highest BCUT2D eigenvalue weighted by Crippen LogP contribution is 2.30. The summed E-state index contributed by atoms with van der Waals surface area (Å²) in [5.41, 5.74) is 0. The van der Waals surface area contributed by atoms with E-state index in [9.17, 15) is 4.79 Å². The molecular weight excluding hydrogens is 138 g/mol. The van der Waals surface area contributed by atoms with Crippen LogP contribution in [0.1, 0.15) is 33.1 Å². The molecule has 11 heavy (non-hydrogen) atoms. The predicted molar refractivity (Wildman–Crippen MR) is 44.1 cm³/mol. The average Bonchev–Trinajstić information content (AvgIpc) is 1.98. The van der Waals surface area contributed by atoms with Gasteiger partial charge in [0.15, 0.2) is 0 Å². The van der Waals surface area contributed by atoms with Crippen molar-refractivity contribution in [2.24, 2.45) is 16.8 Å². The number of isocyanates is 1. The minimum absolute atomic E-state index is 0.263. The van der Waals surface area contributed by atoms with Gasteiger partial charge in [0.05, 0.1) is 6.04 Å². The van der Waals surface area contributed by atoms with Gasteiger partial charge in [0, 0.05) is 0 Å². The molecule has 1 saturated carbocycles. The summed E-state index contributed by atoms with van der Waals surface area (Å²) < 4.78 is 0. The van der Waals surface area contributed by atoms with E-state index in [2.05, 4.69) is 18.8 Å². The van der Waals surface area contributed by atoms with Gasteiger partial charge in [-0.1, -0.05) is 13.8 Å². The molecule has 0 amide bonds. The number of hydrogen-bond acceptors (Lipinski definition) is 2. The van der Waals surface area contributed by atoms with Crippen LogP contribution in [0, 0.1) is 11.8 Å². The van der Waals surface area contributed by atoms with E-state index in [0.717, 1.165) is 18.8 Å². The molecule has 2 nitrogen and oxygen atoms in total. The molecule has 0 aromatic rings. The summed E-state index contributed by atoms with van der Waals surface area (Å²) in [6, 6.07) is 0.263. The number of nitrogens with zero attached hydrogens (tertiary/aromatic N) is 1. The van der Waals surface area contributed by atoms with Crippen molar-refractivity contribution in [2.45, 2.75) is 39.2 Å². The summed E-state index contributed by atoms with van der Waals surface area (Å²) in [7, 11) is 0. The molecule has 0 aliphatic heterocycles. The van der Waals surface area contributed by atoms with Crippen LogP contribution in [0.3, 0.4) is 0 Å². The molecule has 3 unspecified atom stereocenters. The predicted octanol–water partition coefficient (Wildman–Crippen LogP) is 2.15. The molecule has 0 heterocycles. The number of carbonyl (C=O) groups excluding carboxylic acids is 1. The first-order valence-corrected chi connectivity index (χ1v) is 4.31. The first-order valence-electron chi connectivity index (χ1n) is 4.31. The van der Waals surface area contributed by atoms with Gasteiger partial charge in [-0.25, -0.2) is 9.79 Å².